The van der Waals surface area contributed by atoms with Gasteiger partial charge in [0.15, 0.2) is 0 Å². The Balaban J connectivity index is 1.66. The first-order valence-electron chi connectivity index (χ1n) is 9.26. The summed E-state index contributed by atoms with van der Waals surface area (Å²) in [6.07, 6.45) is 1.71. The summed E-state index contributed by atoms with van der Waals surface area (Å²) in [4.78, 5) is 25.1. The van der Waals surface area contributed by atoms with Gasteiger partial charge >= 0.3 is 6.03 Å². The molecule has 9 heteroatoms. The predicted octanol–water partition coefficient (Wildman–Crippen LogP) is 3.40. The van der Waals surface area contributed by atoms with Gasteiger partial charge in [0.2, 0.25) is 5.95 Å². The molecular weight excluding hydrogens is 384 g/mol. The van der Waals surface area contributed by atoms with E-state index in [0.29, 0.717) is 46.9 Å². The van der Waals surface area contributed by atoms with E-state index in [1.54, 1.807) is 56.6 Å². The maximum atomic E-state index is 13.1. The van der Waals surface area contributed by atoms with Gasteiger partial charge in [-0.3, -0.25) is 9.80 Å². The molecular formula is C21H22N6O3. The minimum Gasteiger partial charge on any atom is -0.497 e. The number of methoxy groups -OCH3 is 2. The molecule has 3 N–H and O–H groups in total. The Labute approximate surface area is 174 Å². The van der Waals surface area contributed by atoms with Gasteiger partial charge in [0.05, 0.1) is 37.8 Å². The predicted molar refractivity (Wildman–Crippen MR) is 116 cm³/mol. The molecule has 2 aromatic carbocycles. The number of rotatable bonds is 5. The first-order valence-corrected chi connectivity index (χ1v) is 9.26. The van der Waals surface area contributed by atoms with Gasteiger partial charge < -0.3 is 20.5 Å². The summed E-state index contributed by atoms with van der Waals surface area (Å²) in [5.41, 5.74) is 8.73. The van der Waals surface area contributed by atoms with Crippen molar-refractivity contribution in [2.24, 2.45) is 0 Å². The molecule has 9 nitrogen and oxygen atoms in total. The topological polar surface area (TPSA) is 106 Å². The third kappa shape index (κ3) is 3.52. The Morgan fingerprint density at radius 1 is 1.10 bits per heavy atom. The number of nitrogens with zero attached hydrogens (tertiary/aromatic N) is 4. The van der Waals surface area contributed by atoms with Crippen LogP contribution in [-0.2, 0) is 6.54 Å². The second-order valence-corrected chi connectivity index (χ2v) is 6.75. The normalized spacial score (nSPS) is 13.1. The molecule has 3 aromatic rings. The molecule has 1 aromatic heterocycles. The van der Waals surface area contributed by atoms with Gasteiger partial charge in [-0.05, 0) is 12.1 Å². The van der Waals surface area contributed by atoms with Crippen molar-refractivity contribution in [2.75, 3.05) is 42.1 Å². The highest BCUT2D eigenvalue weighted by atomic mass is 16.5. The van der Waals surface area contributed by atoms with Crippen molar-refractivity contribution in [2.45, 2.75) is 6.54 Å². The van der Waals surface area contributed by atoms with Crippen molar-refractivity contribution < 1.29 is 14.3 Å². The molecule has 0 spiro atoms. The highest BCUT2D eigenvalue weighted by Gasteiger charge is 2.31. The maximum Gasteiger partial charge on any atom is 0.330 e. The lowest BCUT2D eigenvalue weighted by atomic mass is 10.2. The molecule has 30 heavy (non-hydrogen) atoms. The number of para-hydroxylation sites is 2. The number of aromatic nitrogens is 2. The molecule has 0 unspecified atom stereocenters. The molecule has 0 atom stereocenters. The maximum absolute atomic E-state index is 13.1. The molecule has 1 aliphatic rings. The smallest absolute Gasteiger partial charge is 0.330 e. The Morgan fingerprint density at radius 2 is 1.80 bits per heavy atom. The van der Waals surface area contributed by atoms with Crippen LogP contribution in [0.25, 0.3) is 0 Å². The Morgan fingerprint density at radius 3 is 2.47 bits per heavy atom. The summed E-state index contributed by atoms with van der Waals surface area (Å²) in [7, 11) is 4.82. The van der Waals surface area contributed by atoms with Gasteiger partial charge in [-0.2, -0.15) is 4.98 Å². The number of fused-ring (bicyclic) bond motifs is 1. The zero-order chi connectivity index (χ0) is 21.3. The molecule has 0 fully saturated rings. The Hall–Kier alpha value is -4.01. The van der Waals surface area contributed by atoms with Gasteiger partial charge in [0.1, 0.15) is 17.3 Å². The summed E-state index contributed by atoms with van der Waals surface area (Å²) in [5.74, 6) is 2.10. The summed E-state index contributed by atoms with van der Waals surface area (Å²) >= 11 is 0. The van der Waals surface area contributed by atoms with E-state index in [2.05, 4.69) is 15.3 Å². The van der Waals surface area contributed by atoms with Gasteiger partial charge in [-0.15, -0.1) is 0 Å². The van der Waals surface area contributed by atoms with Crippen LogP contribution in [-0.4, -0.2) is 37.3 Å². The van der Waals surface area contributed by atoms with Gasteiger partial charge in [-0.1, -0.05) is 12.1 Å². The van der Waals surface area contributed by atoms with Crippen LogP contribution < -0.4 is 30.3 Å². The van der Waals surface area contributed by atoms with Crippen molar-refractivity contribution in [3.63, 3.8) is 0 Å². The van der Waals surface area contributed by atoms with Gasteiger partial charge in [0.25, 0.3) is 0 Å². The fourth-order valence-corrected chi connectivity index (χ4v) is 3.25. The minimum absolute atomic E-state index is 0.221. The van der Waals surface area contributed by atoms with Crippen LogP contribution in [0.4, 0.5) is 33.6 Å². The van der Waals surface area contributed by atoms with Crippen molar-refractivity contribution in [1.29, 1.82) is 0 Å². The lowest BCUT2D eigenvalue weighted by molar-refractivity contribution is 0.251. The van der Waals surface area contributed by atoms with Crippen LogP contribution in [0.3, 0.4) is 0 Å². The number of amides is 2. The fourth-order valence-electron chi connectivity index (χ4n) is 3.25. The molecule has 4 rings (SSSR count). The summed E-state index contributed by atoms with van der Waals surface area (Å²) in [5, 5.41) is 3.10. The van der Waals surface area contributed by atoms with Crippen molar-refractivity contribution in [1.82, 2.24) is 9.97 Å². The minimum atomic E-state index is -0.221. The summed E-state index contributed by atoms with van der Waals surface area (Å²) in [6, 6.07) is 12.5. The first-order chi connectivity index (χ1) is 14.5. The summed E-state index contributed by atoms with van der Waals surface area (Å²) < 4.78 is 10.7. The zero-order valence-corrected chi connectivity index (χ0v) is 16.9. The Bertz CT molecular complexity index is 1080. The van der Waals surface area contributed by atoms with Crippen LogP contribution in [0.1, 0.15) is 5.56 Å². The number of urea groups is 1. The second-order valence-electron chi connectivity index (χ2n) is 6.75. The molecule has 0 saturated carbocycles. The second kappa shape index (κ2) is 7.78. The molecule has 0 radical (unpaired) electrons. The Kier molecular flexibility index (Phi) is 5.01. The van der Waals surface area contributed by atoms with Crippen LogP contribution in [0.15, 0.2) is 48.7 Å². The molecule has 2 heterocycles. The molecule has 1 aliphatic heterocycles. The third-order valence-corrected chi connectivity index (χ3v) is 4.86. The average Bonchev–Trinajstić information content (AvgIpc) is 2.77. The number of benzene rings is 2. The highest BCUT2D eigenvalue weighted by molar-refractivity contribution is 6.05. The number of nitrogens with two attached hydrogens (primary N) is 1. The quantitative estimate of drug-likeness (QED) is 0.626. The van der Waals surface area contributed by atoms with Crippen LogP contribution in [0.5, 0.6) is 11.5 Å². The van der Waals surface area contributed by atoms with Crippen LogP contribution >= 0.6 is 0 Å². The fraction of sp³-hybridized carbons (Fsp3) is 0.190. The van der Waals surface area contributed by atoms with Crippen molar-refractivity contribution >= 4 is 34.9 Å². The molecule has 0 saturated heterocycles. The monoisotopic (exact) mass is 406 g/mol. The van der Waals surface area contributed by atoms with E-state index in [9.17, 15) is 4.79 Å². The van der Waals surface area contributed by atoms with Crippen LogP contribution in [0.2, 0.25) is 0 Å². The number of hydrogen-bond acceptors (Lipinski definition) is 7. The number of hydrogen-bond donors (Lipinski definition) is 2. The number of anilines is 5. The molecule has 0 aliphatic carbocycles. The van der Waals surface area contributed by atoms with E-state index in [4.69, 9.17) is 15.2 Å². The van der Waals surface area contributed by atoms with E-state index >= 15 is 0 Å². The van der Waals surface area contributed by atoms with E-state index in [0.717, 1.165) is 5.56 Å². The average molecular weight is 406 g/mol. The highest BCUT2D eigenvalue weighted by Crippen LogP contribution is 2.34. The largest absolute Gasteiger partial charge is 0.497 e. The number of carbonyl (C=O) groups excluding carboxylic acids is 1. The molecule has 2 amide bonds. The van der Waals surface area contributed by atoms with E-state index < -0.39 is 0 Å². The van der Waals surface area contributed by atoms with Gasteiger partial charge in [0, 0.05) is 37.0 Å². The number of nitrogens with one attached hydrogen (secondary N) is 1. The number of carbonyl (C=O) groups is 1. The van der Waals surface area contributed by atoms with Crippen LogP contribution in [0, 0.1) is 0 Å². The van der Waals surface area contributed by atoms with E-state index in [1.165, 1.54) is 4.90 Å². The lowest BCUT2D eigenvalue weighted by Crippen LogP contribution is -2.46. The number of ether oxygens (including phenoxy) is 2. The van der Waals surface area contributed by atoms with Gasteiger partial charge in [-0.25, -0.2) is 9.78 Å². The molecule has 154 valence electrons. The van der Waals surface area contributed by atoms with E-state index in [1.807, 2.05) is 18.2 Å². The third-order valence-electron chi connectivity index (χ3n) is 4.86. The number of nitrogen functional groups attached to an aromatic ring is 1. The zero-order valence-electron chi connectivity index (χ0n) is 16.9. The van der Waals surface area contributed by atoms with Crippen molar-refractivity contribution in [3.05, 3.63) is 54.2 Å². The summed E-state index contributed by atoms with van der Waals surface area (Å²) in [6.45, 7) is 0.322. The SMILES string of the molecule is COc1cc(OC)cc(N2Cc3cnc(Nc4ccccc4N)nc3N(C)C2=O)c1. The molecule has 0 bridgehead atoms. The standard InChI is InChI=1S/C21H22N6O3/c1-26-19-13(11-23-20(25-19)24-18-7-5-4-6-17(18)22)12-27(21(26)28)14-8-15(29-2)10-16(9-14)30-3/h4-11H,12,22H2,1-3H3,(H,23,24,25). The van der Waals surface area contributed by atoms with E-state index in [-0.39, 0.29) is 6.03 Å². The lowest BCUT2D eigenvalue weighted by Gasteiger charge is -2.34. The van der Waals surface area contributed by atoms with Crippen molar-refractivity contribution in [3.8, 4) is 11.5 Å². The first kappa shape index (κ1) is 19.3.